The molecular formula is C41H47F2N9O9. The van der Waals surface area contributed by atoms with Gasteiger partial charge in [0.15, 0.2) is 5.82 Å². The maximum Gasteiger partial charge on any atom is 0.342 e. The average Bonchev–Trinajstić information content (AvgIpc) is 3.86. The normalized spacial score (nSPS) is 18.8. The number of nitrogens with one attached hydrogen (secondary N) is 4. The van der Waals surface area contributed by atoms with E-state index in [1.807, 2.05) is 0 Å². The summed E-state index contributed by atoms with van der Waals surface area (Å²) in [4.78, 5) is 88.0. The van der Waals surface area contributed by atoms with E-state index in [9.17, 15) is 37.5 Å². The van der Waals surface area contributed by atoms with Gasteiger partial charge in [0.25, 0.3) is 23.6 Å². The number of hydrogen-bond donors (Lipinski definition) is 4. The molecule has 2 fully saturated rings. The first-order valence-electron chi connectivity index (χ1n) is 20.1. The van der Waals surface area contributed by atoms with E-state index >= 15 is 0 Å². The van der Waals surface area contributed by atoms with E-state index in [4.69, 9.17) is 14.2 Å². The smallest absolute Gasteiger partial charge is 0.342 e. The quantitative estimate of drug-likeness (QED) is 0.114. The number of alkyl halides is 2. The molecule has 20 heteroatoms. The van der Waals surface area contributed by atoms with Crippen molar-refractivity contribution < 1.29 is 51.8 Å². The average molecular weight is 848 g/mol. The van der Waals surface area contributed by atoms with Crippen LogP contribution in [0.2, 0.25) is 0 Å². The van der Waals surface area contributed by atoms with Crippen molar-refractivity contribution in [3.05, 3.63) is 59.3 Å². The van der Waals surface area contributed by atoms with Gasteiger partial charge in [-0.1, -0.05) is 18.9 Å². The summed E-state index contributed by atoms with van der Waals surface area (Å²) in [5.41, 5.74) is 1.76. The highest BCUT2D eigenvalue weighted by molar-refractivity contribution is 6.25. The SMILES string of the molecule is COc1cc(C(=O)NCCOCCCOCCNc2cccc3c2C(=O)N(C2CCC(=O)NC2=O)C3=O)ccc1Nc1ncc2c(n1)N(C1CCCC1)CC(F)(F)C(=O)N2C. The van der Waals surface area contributed by atoms with Gasteiger partial charge in [0.1, 0.15) is 17.5 Å². The molecule has 61 heavy (non-hydrogen) atoms. The predicted molar refractivity (Wildman–Crippen MR) is 216 cm³/mol. The van der Waals surface area contributed by atoms with Gasteiger partial charge in [0.2, 0.25) is 17.8 Å². The second kappa shape index (κ2) is 18.5. The number of hydrogen-bond acceptors (Lipinski definition) is 14. The topological polar surface area (TPSA) is 214 Å². The third-order valence-electron chi connectivity index (χ3n) is 11.0. The lowest BCUT2D eigenvalue weighted by Gasteiger charge is -2.31. The molecule has 18 nitrogen and oxygen atoms in total. The number of amides is 6. The molecule has 7 rings (SSSR count). The molecule has 324 valence electrons. The van der Waals surface area contributed by atoms with Crippen LogP contribution in [-0.2, 0) is 23.9 Å². The molecule has 4 N–H and O–H groups in total. The summed E-state index contributed by atoms with van der Waals surface area (Å²) in [6.07, 6.45) is 5.28. The number of rotatable bonds is 17. The lowest BCUT2D eigenvalue weighted by atomic mass is 10.0. The Labute approximate surface area is 349 Å². The summed E-state index contributed by atoms with van der Waals surface area (Å²) in [5, 5.41) is 11.2. The molecule has 6 amide bonds. The summed E-state index contributed by atoms with van der Waals surface area (Å²) in [5.74, 6) is -6.87. The first-order chi connectivity index (χ1) is 29.4. The minimum Gasteiger partial charge on any atom is -0.495 e. The fourth-order valence-electron chi connectivity index (χ4n) is 7.89. The number of fused-ring (bicyclic) bond motifs is 2. The first kappa shape index (κ1) is 42.8. The maximum absolute atomic E-state index is 15.0. The maximum atomic E-state index is 15.0. The zero-order chi connectivity index (χ0) is 43.3. The molecule has 2 aromatic carbocycles. The molecule has 4 heterocycles. The summed E-state index contributed by atoms with van der Waals surface area (Å²) < 4.78 is 46.8. The lowest BCUT2D eigenvalue weighted by Crippen LogP contribution is -2.54. The van der Waals surface area contributed by atoms with E-state index < -0.39 is 48.0 Å². The zero-order valence-electron chi connectivity index (χ0n) is 33.8. The largest absolute Gasteiger partial charge is 0.495 e. The second-order valence-corrected chi connectivity index (χ2v) is 15.0. The Morgan fingerprint density at radius 2 is 1.70 bits per heavy atom. The highest BCUT2D eigenvalue weighted by atomic mass is 19.3. The number of carbonyl (C=O) groups excluding carboxylic acids is 6. The molecule has 4 aliphatic rings. The van der Waals surface area contributed by atoms with Crippen LogP contribution in [0.4, 0.5) is 37.6 Å². The van der Waals surface area contributed by atoms with Crippen molar-refractivity contribution in [1.82, 2.24) is 25.5 Å². The van der Waals surface area contributed by atoms with Crippen molar-refractivity contribution in [1.29, 1.82) is 0 Å². The van der Waals surface area contributed by atoms with Gasteiger partial charge in [-0.2, -0.15) is 13.8 Å². The van der Waals surface area contributed by atoms with E-state index in [1.54, 1.807) is 30.3 Å². The van der Waals surface area contributed by atoms with Crippen LogP contribution in [0.15, 0.2) is 42.6 Å². The van der Waals surface area contributed by atoms with Crippen LogP contribution in [0.3, 0.4) is 0 Å². The Bertz CT molecular complexity index is 2200. The van der Waals surface area contributed by atoms with E-state index in [1.165, 1.54) is 31.3 Å². The Kier molecular flexibility index (Phi) is 13.0. The Balaban J connectivity index is 0.821. The standard InChI is InChI=1S/C41H47F2N9O9/c1-50-30-22-46-40(49-34(30)51(25-7-3-4-8-25)23-41(42,43)39(50)58)47-27-12-11-24(21-31(27)59-2)35(54)45-16-20-61-18-6-17-60-19-15-44-28-10-5-9-26-33(28)38(57)52(37(26)56)29-13-14-32(53)48-36(29)55/h5,9-12,21-22,25,29,44H,3-4,6-8,13-20,23H2,1-2H3,(H,45,54)(H,46,47,49)(H,48,53,55). The minimum atomic E-state index is -3.59. The molecule has 1 unspecified atom stereocenters. The van der Waals surface area contributed by atoms with Gasteiger partial charge in [-0.25, -0.2) is 4.98 Å². The van der Waals surface area contributed by atoms with E-state index in [-0.39, 0.29) is 66.5 Å². The highest BCUT2D eigenvalue weighted by Crippen LogP contribution is 2.40. The van der Waals surface area contributed by atoms with Crippen LogP contribution >= 0.6 is 0 Å². The van der Waals surface area contributed by atoms with Gasteiger partial charge in [-0.05, 0) is 56.0 Å². The van der Waals surface area contributed by atoms with Gasteiger partial charge < -0.3 is 40.0 Å². The van der Waals surface area contributed by atoms with Gasteiger partial charge >= 0.3 is 5.92 Å². The fraction of sp³-hybridized carbons (Fsp3) is 0.463. The van der Waals surface area contributed by atoms with Crippen molar-refractivity contribution >= 4 is 64.3 Å². The molecule has 3 aromatic rings. The number of imide groups is 2. The van der Waals surface area contributed by atoms with Crippen LogP contribution in [0.25, 0.3) is 0 Å². The molecule has 1 aliphatic carbocycles. The van der Waals surface area contributed by atoms with Gasteiger partial charge in [0, 0.05) is 57.1 Å². The van der Waals surface area contributed by atoms with Gasteiger partial charge in [0.05, 0.1) is 49.9 Å². The number of benzene rings is 2. The van der Waals surface area contributed by atoms with Crippen molar-refractivity contribution in [2.45, 2.75) is 63.0 Å². The van der Waals surface area contributed by atoms with E-state index in [0.717, 1.165) is 22.6 Å². The summed E-state index contributed by atoms with van der Waals surface area (Å²) in [7, 11) is 2.74. The van der Waals surface area contributed by atoms with Crippen LogP contribution < -0.4 is 35.8 Å². The Morgan fingerprint density at radius 1 is 0.951 bits per heavy atom. The summed E-state index contributed by atoms with van der Waals surface area (Å²) >= 11 is 0. The van der Waals surface area contributed by atoms with E-state index in [0.29, 0.717) is 68.3 Å². The predicted octanol–water partition coefficient (Wildman–Crippen LogP) is 3.26. The second-order valence-electron chi connectivity index (χ2n) is 15.0. The van der Waals surface area contributed by atoms with Crippen LogP contribution in [-0.4, -0.2) is 129 Å². The number of nitrogens with zero attached hydrogens (tertiary/aromatic N) is 5. The fourth-order valence-corrected chi connectivity index (χ4v) is 7.89. The third kappa shape index (κ3) is 9.24. The van der Waals surface area contributed by atoms with E-state index in [2.05, 4.69) is 31.2 Å². The highest BCUT2D eigenvalue weighted by Gasteiger charge is 2.49. The molecule has 1 atom stereocenters. The number of piperidine rings is 1. The zero-order valence-corrected chi connectivity index (χ0v) is 33.8. The Morgan fingerprint density at radius 3 is 2.44 bits per heavy atom. The van der Waals surface area contributed by atoms with Crippen LogP contribution in [0.5, 0.6) is 5.75 Å². The molecule has 1 saturated heterocycles. The third-order valence-corrected chi connectivity index (χ3v) is 11.0. The molecule has 0 bridgehead atoms. The van der Waals surface area contributed by atoms with Gasteiger partial charge in [-0.3, -0.25) is 39.0 Å². The summed E-state index contributed by atoms with van der Waals surface area (Å²) in [6.45, 7) is 1.15. The molecule has 1 aromatic heterocycles. The van der Waals surface area contributed by atoms with Crippen LogP contribution in [0, 0.1) is 0 Å². The van der Waals surface area contributed by atoms with Crippen molar-refractivity contribution in [3.8, 4) is 5.75 Å². The van der Waals surface area contributed by atoms with Gasteiger partial charge in [-0.15, -0.1) is 0 Å². The molecule has 0 spiro atoms. The number of ether oxygens (including phenoxy) is 3. The molecule has 0 radical (unpaired) electrons. The molecule has 1 saturated carbocycles. The van der Waals surface area contributed by atoms with Crippen LogP contribution in [0.1, 0.15) is 76.0 Å². The number of methoxy groups -OCH3 is 1. The summed E-state index contributed by atoms with van der Waals surface area (Å²) in [6, 6.07) is 8.38. The van der Waals surface area contributed by atoms with Crippen molar-refractivity contribution in [3.63, 3.8) is 0 Å². The monoisotopic (exact) mass is 847 g/mol. The number of carbonyl (C=O) groups is 6. The number of aromatic nitrogens is 2. The Hall–Kier alpha value is -6.28. The number of halogens is 2. The van der Waals surface area contributed by atoms with Crippen molar-refractivity contribution in [2.75, 3.05) is 80.7 Å². The lowest BCUT2D eigenvalue weighted by molar-refractivity contribution is -0.140. The molecule has 3 aliphatic heterocycles. The first-order valence-corrected chi connectivity index (χ1v) is 20.1. The molecular weight excluding hydrogens is 801 g/mol. The van der Waals surface area contributed by atoms with Crippen molar-refractivity contribution in [2.24, 2.45) is 0 Å². The number of anilines is 5. The minimum absolute atomic E-state index is 0.0399.